The van der Waals surface area contributed by atoms with Crippen LogP contribution in [0, 0.1) is 0 Å². The molecule has 4 N–H and O–H groups in total. The van der Waals surface area contributed by atoms with Crippen molar-refractivity contribution >= 4 is 52.8 Å². The molecule has 23 nitrogen and oxygen atoms in total. The van der Waals surface area contributed by atoms with Crippen molar-refractivity contribution in [1.29, 1.82) is 0 Å². The number of halogens is 2. The smallest absolute Gasteiger partial charge is 0.411 e. The summed E-state index contributed by atoms with van der Waals surface area (Å²) in [7, 11) is 0. The second-order valence-corrected chi connectivity index (χ2v) is 27.9. The van der Waals surface area contributed by atoms with Crippen LogP contribution in [0.4, 0.5) is 10.5 Å². The molecule has 0 saturated carbocycles. The van der Waals surface area contributed by atoms with Gasteiger partial charge in [-0.15, -0.1) is 0 Å². The molecule has 4 aliphatic rings. The van der Waals surface area contributed by atoms with Gasteiger partial charge in [0.15, 0.2) is 25.2 Å². The maximum atomic E-state index is 14.2. The van der Waals surface area contributed by atoms with Crippen molar-refractivity contribution in [2.75, 3.05) is 25.1 Å². The van der Waals surface area contributed by atoms with E-state index in [9.17, 15) is 29.4 Å². The molecule has 0 aliphatic carbocycles. The van der Waals surface area contributed by atoms with Gasteiger partial charge in [0.05, 0.1) is 69.6 Å². The molecule has 4 heterocycles. The predicted octanol–water partition coefficient (Wildman–Crippen LogP) is 12.5. The monoisotopic (exact) mass is 1530 g/mol. The van der Waals surface area contributed by atoms with E-state index in [0.717, 1.165) is 27.8 Å². The van der Waals surface area contributed by atoms with E-state index in [0.29, 0.717) is 32.4 Å². The fourth-order valence-corrected chi connectivity index (χ4v) is 13.4. The van der Waals surface area contributed by atoms with Crippen molar-refractivity contribution in [3.05, 3.63) is 279 Å². The number of carbonyl (C=O) groups excluding carboxylic acids is 4. The van der Waals surface area contributed by atoms with Crippen molar-refractivity contribution in [3.63, 3.8) is 0 Å². The van der Waals surface area contributed by atoms with E-state index in [2.05, 4.69) is 10.6 Å². The zero-order chi connectivity index (χ0) is 76.0. The van der Waals surface area contributed by atoms with Crippen molar-refractivity contribution in [1.82, 2.24) is 5.32 Å². The van der Waals surface area contributed by atoms with Crippen LogP contribution < -0.4 is 10.6 Å². The Hall–Kier alpha value is -8.54. The summed E-state index contributed by atoms with van der Waals surface area (Å²) in [6.07, 6.45) is -21.6. The minimum Gasteiger partial charge on any atom is -0.456 e. The molecule has 2 amide bonds. The van der Waals surface area contributed by atoms with Gasteiger partial charge in [-0.2, -0.15) is 0 Å². The maximum Gasteiger partial charge on any atom is 0.411 e. The van der Waals surface area contributed by atoms with Crippen LogP contribution in [0.3, 0.4) is 0 Å². The van der Waals surface area contributed by atoms with Crippen LogP contribution in [0.1, 0.15) is 87.7 Å². The molecule has 109 heavy (non-hydrogen) atoms. The number of amides is 2. The van der Waals surface area contributed by atoms with Crippen LogP contribution in [0.15, 0.2) is 224 Å². The van der Waals surface area contributed by atoms with Gasteiger partial charge in [0.1, 0.15) is 79.8 Å². The highest BCUT2D eigenvalue weighted by molar-refractivity contribution is 6.30. The first-order valence-corrected chi connectivity index (χ1v) is 37.2. The van der Waals surface area contributed by atoms with Gasteiger partial charge >= 0.3 is 18.0 Å². The number of hydrogen-bond acceptors (Lipinski definition) is 21. The summed E-state index contributed by atoms with van der Waals surface area (Å²) < 4.78 is 101. The number of benzene rings is 8. The van der Waals surface area contributed by atoms with Crippen molar-refractivity contribution in [3.8, 4) is 0 Å². The summed E-state index contributed by atoms with van der Waals surface area (Å²) in [5.41, 5.74) is 5.79. The fourth-order valence-electron chi connectivity index (χ4n) is 13.2. The zero-order valence-corrected chi connectivity index (χ0v) is 62.0. The van der Waals surface area contributed by atoms with E-state index in [-0.39, 0.29) is 65.5 Å². The number of hydrogen-bond donors (Lipinski definition) is 4. The number of anilines is 1. The highest BCUT2D eigenvalue weighted by Crippen LogP contribution is 2.39. The van der Waals surface area contributed by atoms with Gasteiger partial charge in [0, 0.05) is 35.5 Å². The normalized spacial score (nSPS) is 26.9. The van der Waals surface area contributed by atoms with Gasteiger partial charge < -0.3 is 86.6 Å². The second kappa shape index (κ2) is 39.9. The number of ether oxygens (including phenoxy) is 15. The summed E-state index contributed by atoms with van der Waals surface area (Å²) in [5.74, 6) is -1.73. The lowest BCUT2D eigenvalue weighted by Gasteiger charge is -2.51. The number of rotatable bonds is 32. The highest BCUT2D eigenvalue weighted by atomic mass is 35.5. The molecule has 0 unspecified atom stereocenters. The van der Waals surface area contributed by atoms with E-state index in [1.165, 1.54) is 6.92 Å². The molecule has 0 radical (unpaired) electrons. The van der Waals surface area contributed by atoms with Gasteiger partial charge in [-0.1, -0.05) is 187 Å². The zero-order valence-electron chi connectivity index (χ0n) is 60.4. The number of carbonyl (C=O) groups is 4. The van der Waals surface area contributed by atoms with Crippen LogP contribution in [0.2, 0.25) is 10.0 Å². The van der Waals surface area contributed by atoms with E-state index in [1.807, 2.05) is 115 Å². The van der Waals surface area contributed by atoms with Gasteiger partial charge in [0.2, 0.25) is 5.91 Å². The van der Waals surface area contributed by atoms with Crippen molar-refractivity contribution in [2.45, 2.75) is 184 Å². The van der Waals surface area contributed by atoms with E-state index < -0.39 is 141 Å². The average Bonchev–Trinajstić information content (AvgIpc) is 0.765. The molecule has 4 fully saturated rings. The summed E-state index contributed by atoms with van der Waals surface area (Å²) in [6.45, 7) is 3.92. The van der Waals surface area contributed by atoms with E-state index in [1.54, 1.807) is 123 Å². The molecule has 576 valence electrons. The molecule has 25 heteroatoms. The minimum atomic E-state index is -1.71. The Morgan fingerprint density at radius 3 is 1.39 bits per heavy atom. The topological polar surface area (TPSA) is 271 Å². The Kier molecular flexibility index (Phi) is 29.3. The number of nitrogens with one attached hydrogen (secondary N) is 2. The number of aliphatic hydroxyl groups excluding tert-OH is 2. The number of aliphatic hydroxyl groups is 2. The second-order valence-electron chi connectivity index (χ2n) is 27.0. The first-order valence-electron chi connectivity index (χ1n) is 36.4. The summed E-state index contributed by atoms with van der Waals surface area (Å²) in [5, 5.41) is 30.8. The third-order valence-electron chi connectivity index (χ3n) is 19.0. The molecule has 8 aromatic carbocycles. The lowest BCUT2D eigenvalue weighted by atomic mass is 9.94. The Bertz CT molecular complexity index is 4110. The molecular formula is C84H90Cl2N2O21. The molecular weight excluding hydrogens is 1440 g/mol. The predicted molar refractivity (Wildman–Crippen MR) is 399 cm³/mol. The Morgan fingerprint density at radius 2 is 0.890 bits per heavy atom. The van der Waals surface area contributed by atoms with Crippen LogP contribution in [0.5, 0.6) is 0 Å². The van der Waals surface area contributed by atoms with E-state index in [4.69, 9.17) is 94.3 Å². The Labute approximate surface area is 643 Å². The van der Waals surface area contributed by atoms with Gasteiger partial charge in [-0.25, -0.2) is 14.4 Å². The lowest BCUT2D eigenvalue weighted by molar-refractivity contribution is -0.391. The standard InChI is InChI=1S/C84H90Cl2N2O21/c1-52-66(103-78(92)61-25-15-7-16-26-61)43-68(97-47-59-29-35-63(85)36-30-59)80(101-52)107-74-71(51-95-46-56-19-9-4-10-20-56)106-82(96-42-41-55-33-39-65(40-34-55)88-84(94)100-50-58-23-13-6-14-24-58)72(87-54(3)90)75(74)108-83-77(76(73(91)70(45-89)105-83)99-49-57-21-11-5-12-22-57)109-81-69(98-48-60-31-37-64(86)38-32-60)44-67(53(2)102-81)104-79(93)62-27-17-8-18-28-62/h4-40,52-53,66-77,80-83,89,91H,41-51H2,1-3H3,(H,87,90)(H,88,94)/t52-,53-,66-,67-,68-,69-,70+,71+,72+,73-,74+,75+,76-,77+,80-,81-,82+,83-/m0/s1. The quantitative estimate of drug-likeness (QED) is 0.0225. The van der Waals surface area contributed by atoms with Crippen LogP contribution in [0.25, 0.3) is 0 Å². The molecule has 8 aromatic rings. The van der Waals surface area contributed by atoms with Gasteiger partial charge in [-0.3, -0.25) is 10.1 Å². The average molecular weight is 1530 g/mol. The summed E-state index contributed by atoms with van der Waals surface area (Å²) in [4.78, 5) is 54.8. The largest absolute Gasteiger partial charge is 0.456 e. The SMILES string of the molecule is CC(=O)N[C@H]1[C@H](OCCc2ccc(NC(=O)OCc3ccccc3)cc2)O[C@H](COCc2ccccc2)[C@@H](O[C@@H]2O[C@@H](C)[C@@H](OC(=O)c3ccccc3)C[C@@H]2OCc2ccc(Cl)cc2)[C@@H]1O[C@@H]1O[C@H](CO)[C@H](O)[C@H](OCc2ccccc2)[C@H]1O[C@@H]1O[C@@H](C)[C@@H](OC(=O)c2ccccc2)C[C@@H]1OCc1ccc(Cl)cc1. The molecule has 12 rings (SSSR count). The molecule has 0 spiro atoms. The van der Waals surface area contributed by atoms with Crippen LogP contribution >= 0.6 is 23.2 Å². The molecule has 18 atom stereocenters. The third kappa shape index (κ3) is 22.8. The Balaban J connectivity index is 0.920. The molecule has 4 saturated heterocycles. The summed E-state index contributed by atoms with van der Waals surface area (Å²) >= 11 is 12.7. The molecule has 4 aliphatic heterocycles. The number of esters is 2. The van der Waals surface area contributed by atoms with E-state index >= 15 is 0 Å². The fraction of sp³-hybridized carbons (Fsp3) is 0.381. The molecule has 0 bridgehead atoms. The van der Waals surface area contributed by atoms with Gasteiger partial charge in [0.25, 0.3) is 0 Å². The van der Waals surface area contributed by atoms with Crippen molar-refractivity contribution < 1.29 is 100 Å². The molecule has 0 aromatic heterocycles. The summed E-state index contributed by atoms with van der Waals surface area (Å²) in [6, 6.07) is 65.1. The van der Waals surface area contributed by atoms with Crippen LogP contribution in [-0.4, -0.2) is 165 Å². The van der Waals surface area contributed by atoms with Crippen LogP contribution in [-0.2, 0) is 115 Å². The first kappa shape index (κ1) is 80.0. The highest BCUT2D eigenvalue weighted by Gasteiger charge is 2.57. The van der Waals surface area contributed by atoms with Crippen molar-refractivity contribution in [2.24, 2.45) is 0 Å². The Morgan fingerprint density at radius 1 is 0.450 bits per heavy atom. The minimum absolute atomic E-state index is 0.00857. The first-order chi connectivity index (χ1) is 53.1. The maximum absolute atomic E-state index is 14.2. The third-order valence-corrected chi connectivity index (χ3v) is 19.5. The lowest BCUT2D eigenvalue weighted by Crippen LogP contribution is -2.70. The van der Waals surface area contributed by atoms with Gasteiger partial charge in [-0.05, 0) is 114 Å².